The molecule has 0 unspecified atom stereocenters. The summed E-state index contributed by atoms with van der Waals surface area (Å²) in [5.41, 5.74) is 4.14. The fourth-order valence-corrected chi connectivity index (χ4v) is 8.68. The van der Waals surface area contributed by atoms with Crippen molar-refractivity contribution >= 4 is 0 Å². The van der Waals surface area contributed by atoms with Gasteiger partial charge in [0.2, 0.25) is 0 Å². The third-order valence-corrected chi connectivity index (χ3v) is 11.0. The molecule has 6 atom stereocenters. The van der Waals surface area contributed by atoms with Gasteiger partial charge in [0.1, 0.15) is 11.5 Å². The number of halogens is 1. The van der Waals surface area contributed by atoms with E-state index in [-0.39, 0.29) is 41.0 Å². The minimum Gasteiger partial charge on any atom is -0.493 e. The van der Waals surface area contributed by atoms with Gasteiger partial charge in [0.05, 0.1) is 53.4 Å². The van der Waals surface area contributed by atoms with Gasteiger partial charge in [0, 0.05) is 64.0 Å². The van der Waals surface area contributed by atoms with Crippen LogP contribution in [0, 0.1) is 23.7 Å². The number of aliphatic hydroxyl groups excluding tert-OH is 4. The van der Waals surface area contributed by atoms with Crippen LogP contribution in [0.25, 0.3) is 0 Å². The molecule has 4 heterocycles. The van der Waals surface area contributed by atoms with Gasteiger partial charge in [-0.2, -0.15) is 0 Å². The SMILES string of the molecule is [2H]C([2H])(C)C([2H])([2H])C([2H])([2H])Oc1cc2c(cc1CO)[C@H]1C[C@@H](O)[C@H](CC(C)C)CN1CC2.[2H]C([2H])([18F])C([2H])([2H])C([2H])([2H])Oc1cc2c(cc1CO)[C@H]1C[C@@H](O)[C@H](CC(C)C)CN1CC2. The standard InChI is InChI=1S/C22H35NO3.C21H32FNO3/c1-4-5-8-26-22-11-16-6-7-23-13-17(9-15(2)3)21(25)12-20(23)19(16)10-18(22)14-24;1-14(2)8-16-12-23-6-4-15-10-21(26-7-3-5-22)17(13-24)9-18(15)19(23)11-20(16)25/h10-11,15,17,20-21,24-25H,4-9,12-14H2,1-3H3;9-10,14,16,19-20,24-25H,3-8,11-13H2,1-2H3/t17-,20-,21-;16-,19-,20-/m11/s1/i4D2,5D2,8D2;3D2,5D2,7D2,22-1. The molecular formula is C43H67FN2O6. The molecule has 292 valence electrons. The van der Waals surface area contributed by atoms with Gasteiger partial charge in [-0.3, -0.25) is 14.2 Å². The number of rotatable bonds is 14. The first-order chi connectivity index (χ1) is 29.3. The molecule has 52 heavy (non-hydrogen) atoms. The Balaban J connectivity index is 0.000000241. The molecule has 4 aliphatic rings. The Morgan fingerprint density at radius 2 is 1.19 bits per heavy atom. The Morgan fingerprint density at radius 1 is 0.750 bits per heavy atom. The second-order valence-corrected chi connectivity index (χ2v) is 15.5. The van der Waals surface area contributed by atoms with Gasteiger partial charge in [-0.05, 0) is 115 Å². The van der Waals surface area contributed by atoms with Crippen LogP contribution in [0.5, 0.6) is 11.5 Å². The Bertz CT molecular complexity index is 1800. The smallest absolute Gasteiger partial charge is 0.125 e. The van der Waals surface area contributed by atoms with E-state index in [1.165, 1.54) is 6.07 Å². The minimum atomic E-state index is -3.98. The zero-order chi connectivity index (χ0) is 48.1. The van der Waals surface area contributed by atoms with Crippen LogP contribution in [0.4, 0.5) is 4.39 Å². The number of hydrogen-bond acceptors (Lipinski definition) is 8. The van der Waals surface area contributed by atoms with Crippen molar-refractivity contribution in [3.63, 3.8) is 0 Å². The van der Waals surface area contributed by atoms with E-state index in [1.807, 2.05) is 0 Å². The van der Waals surface area contributed by atoms with E-state index in [0.717, 1.165) is 68.2 Å². The summed E-state index contributed by atoms with van der Waals surface area (Å²) in [7, 11) is 0. The summed E-state index contributed by atoms with van der Waals surface area (Å²) >= 11 is 0. The lowest BCUT2D eigenvalue weighted by Crippen LogP contribution is -2.48. The molecule has 2 aromatic carbocycles. The Kier molecular flexibility index (Phi) is 10.2. The van der Waals surface area contributed by atoms with Gasteiger partial charge >= 0.3 is 0 Å². The average molecular weight is 738 g/mol. The number of nitrogens with zero attached hydrogens (tertiary/aromatic N) is 2. The normalized spacial score (nSPS) is 30.9. The molecular weight excluding hydrogens is 658 g/mol. The van der Waals surface area contributed by atoms with Crippen molar-refractivity contribution in [1.29, 1.82) is 0 Å². The van der Waals surface area contributed by atoms with Crippen molar-refractivity contribution in [2.75, 3.05) is 45.9 Å². The molecule has 0 aromatic heterocycles. The average Bonchev–Trinajstić information content (AvgIpc) is 3.16. The molecule has 0 saturated carbocycles. The first kappa shape index (κ1) is 27.3. The van der Waals surface area contributed by atoms with Gasteiger partial charge in [-0.1, -0.05) is 41.0 Å². The third-order valence-electron chi connectivity index (χ3n) is 11.0. The fraction of sp³-hybridized carbons (Fsp3) is 0.721. The molecule has 0 amide bonds. The summed E-state index contributed by atoms with van der Waals surface area (Å²) in [5, 5.41) is 41.3. The van der Waals surface area contributed by atoms with Crippen LogP contribution >= 0.6 is 0 Å². The van der Waals surface area contributed by atoms with E-state index >= 15 is 0 Å². The van der Waals surface area contributed by atoms with E-state index in [9.17, 15) is 24.8 Å². The highest BCUT2D eigenvalue weighted by atomic mass is 18.2. The van der Waals surface area contributed by atoms with Crippen LogP contribution in [0.1, 0.15) is 141 Å². The molecule has 8 nitrogen and oxygen atoms in total. The maximum Gasteiger partial charge on any atom is 0.125 e. The predicted octanol–water partition coefficient (Wildman–Crippen LogP) is 6.93. The minimum absolute atomic E-state index is 0.00416. The number of benzene rings is 2. The number of hydrogen-bond donors (Lipinski definition) is 4. The summed E-state index contributed by atoms with van der Waals surface area (Å²) in [4.78, 5) is 4.69. The van der Waals surface area contributed by atoms with Crippen LogP contribution in [-0.2, 0) is 26.1 Å². The zero-order valence-electron chi connectivity index (χ0n) is 43.3. The van der Waals surface area contributed by atoms with Gasteiger partial charge < -0.3 is 29.9 Å². The van der Waals surface area contributed by atoms with Crippen LogP contribution in [0.3, 0.4) is 0 Å². The molecule has 9 heteroatoms. The first-order valence-electron chi connectivity index (χ1n) is 24.8. The molecule has 0 bridgehead atoms. The second-order valence-electron chi connectivity index (χ2n) is 15.5. The van der Waals surface area contributed by atoms with Crippen molar-refractivity contribution < 1.29 is 50.7 Å². The summed E-state index contributed by atoms with van der Waals surface area (Å²) in [6.07, 6.45) is -5.49. The largest absolute Gasteiger partial charge is 0.493 e. The topological polar surface area (TPSA) is 106 Å². The second kappa shape index (κ2) is 19.4. The maximum absolute atomic E-state index is 13.7. The van der Waals surface area contributed by atoms with Crippen molar-refractivity contribution in [3.05, 3.63) is 57.6 Å². The summed E-state index contributed by atoms with van der Waals surface area (Å²) in [5.74, 6) is 1.29. The maximum atomic E-state index is 13.7. The summed E-state index contributed by atoms with van der Waals surface area (Å²) in [6, 6.07) is 6.55. The molecule has 0 aliphatic carbocycles. The number of ether oxygens (including phenoxy) is 2. The van der Waals surface area contributed by atoms with Crippen LogP contribution in [0.2, 0.25) is 0 Å². The van der Waals surface area contributed by atoms with Crippen molar-refractivity contribution in [1.82, 2.24) is 9.80 Å². The molecule has 2 fully saturated rings. The Morgan fingerprint density at radius 3 is 1.58 bits per heavy atom. The Labute approximate surface area is 329 Å². The van der Waals surface area contributed by atoms with Crippen LogP contribution < -0.4 is 9.47 Å². The van der Waals surface area contributed by atoms with Crippen LogP contribution in [-0.4, -0.2) is 88.4 Å². The zero-order valence-corrected chi connectivity index (χ0v) is 31.3. The summed E-state index contributed by atoms with van der Waals surface area (Å²) in [6.45, 7) is 1.47. The van der Waals surface area contributed by atoms with Crippen molar-refractivity contribution in [2.45, 2.75) is 130 Å². The van der Waals surface area contributed by atoms with Gasteiger partial charge in [-0.25, -0.2) is 0 Å². The van der Waals surface area contributed by atoms with Crippen molar-refractivity contribution in [3.8, 4) is 11.5 Å². The quantitative estimate of drug-likeness (QED) is 0.166. The highest BCUT2D eigenvalue weighted by molar-refractivity contribution is 5.46. The van der Waals surface area contributed by atoms with E-state index in [4.69, 9.17) is 25.9 Å². The Hall–Kier alpha value is -2.27. The van der Waals surface area contributed by atoms with E-state index in [1.54, 1.807) is 18.2 Å². The number of piperidine rings is 2. The van der Waals surface area contributed by atoms with E-state index in [2.05, 4.69) is 37.5 Å². The van der Waals surface area contributed by atoms with Gasteiger partial charge in [0.15, 0.2) is 0 Å². The molecule has 0 spiro atoms. The van der Waals surface area contributed by atoms with Crippen molar-refractivity contribution in [2.24, 2.45) is 23.7 Å². The number of fused-ring (bicyclic) bond motifs is 6. The lowest BCUT2D eigenvalue weighted by Gasteiger charge is -2.46. The summed E-state index contributed by atoms with van der Waals surface area (Å²) < 4.78 is 117. The lowest BCUT2D eigenvalue weighted by atomic mass is 9.79. The highest BCUT2D eigenvalue weighted by Gasteiger charge is 2.40. The monoisotopic (exact) mass is 738 g/mol. The third kappa shape index (κ3) is 10.1. The predicted molar refractivity (Wildman–Crippen MR) is 204 cm³/mol. The lowest BCUT2D eigenvalue weighted by molar-refractivity contribution is -0.0192. The van der Waals surface area contributed by atoms with Gasteiger partial charge in [0.25, 0.3) is 0 Å². The molecule has 4 N–H and O–H groups in total. The van der Waals surface area contributed by atoms with Crippen LogP contribution in [0.15, 0.2) is 24.3 Å². The molecule has 6 rings (SSSR count). The highest BCUT2D eigenvalue weighted by Crippen LogP contribution is 2.43. The number of aliphatic hydroxyl groups is 4. The van der Waals surface area contributed by atoms with E-state index < -0.39 is 64.3 Å². The molecule has 4 aliphatic heterocycles. The first-order valence-corrected chi connectivity index (χ1v) is 18.8. The number of alkyl halides is 1. The molecule has 0 radical (unpaired) electrons. The van der Waals surface area contributed by atoms with E-state index in [0.29, 0.717) is 43.1 Å². The molecule has 2 aromatic rings. The fourth-order valence-electron chi connectivity index (χ4n) is 8.68. The molecule has 2 saturated heterocycles. The van der Waals surface area contributed by atoms with Gasteiger partial charge in [-0.15, -0.1) is 0 Å².